The third kappa shape index (κ3) is 3.94. The van der Waals surface area contributed by atoms with E-state index >= 15 is 0 Å². The molecule has 1 unspecified atom stereocenters. The number of sulfonamides is 1. The fourth-order valence-electron chi connectivity index (χ4n) is 3.66. The lowest BCUT2D eigenvalue weighted by Gasteiger charge is -2.29. The molecule has 1 atom stereocenters. The van der Waals surface area contributed by atoms with Crippen LogP contribution in [0.25, 0.3) is 10.2 Å². The van der Waals surface area contributed by atoms with Crippen LogP contribution in [-0.4, -0.2) is 36.3 Å². The molecule has 1 aromatic carbocycles. The molecule has 2 aromatic heterocycles. The molecule has 154 valence electrons. The van der Waals surface area contributed by atoms with Gasteiger partial charge in [-0.25, -0.2) is 8.42 Å². The van der Waals surface area contributed by atoms with Crippen LogP contribution in [0.3, 0.4) is 0 Å². The normalized spacial score (nSPS) is 19.1. The van der Waals surface area contributed by atoms with Crippen molar-refractivity contribution >= 4 is 60.4 Å². The highest BCUT2D eigenvalue weighted by molar-refractivity contribution is 7.91. The summed E-state index contributed by atoms with van der Waals surface area (Å²) in [5.74, 6) is -0.713. The molecule has 0 saturated carbocycles. The summed E-state index contributed by atoms with van der Waals surface area (Å²) >= 11 is 8.75. The first kappa shape index (κ1) is 20.7. The topological polar surface area (TPSA) is 71.7 Å². The Hall–Kier alpha value is -1.52. The third-order valence-corrected chi connectivity index (χ3v) is 9.62. The van der Waals surface area contributed by atoms with E-state index in [1.165, 1.54) is 27.0 Å². The Balaban J connectivity index is 1.63. The van der Waals surface area contributed by atoms with Gasteiger partial charge < -0.3 is 4.57 Å². The Morgan fingerprint density at radius 2 is 2.14 bits per heavy atom. The first-order valence-electron chi connectivity index (χ1n) is 9.15. The molecule has 3 aromatic rings. The number of nitrogens with zero attached hydrogens (tertiary/aromatic N) is 3. The van der Waals surface area contributed by atoms with Gasteiger partial charge in [0.05, 0.1) is 16.1 Å². The Bertz CT molecular complexity index is 1240. The van der Waals surface area contributed by atoms with Crippen molar-refractivity contribution in [3.63, 3.8) is 0 Å². The molecule has 6 nitrogen and oxygen atoms in total. The van der Waals surface area contributed by atoms with Crippen molar-refractivity contribution in [2.24, 2.45) is 18.0 Å². The molecule has 0 radical (unpaired) electrons. The maximum Gasteiger partial charge on any atom is 0.252 e. The summed E-state index contributed by atoms with van der Waals surface area (Å²) in [6, 6.07) is 7.07. The van der Waals surface area contributed by atoms with E-state index in [1.54, 1.807) is 17.5 Å². The standard InChI is InChI=1S/C19H20ClN3O3S3/c1-12-9-14(20)10-15-17(12)22(2)19(28-15)21-18(24)13-5-3-7-23(11-13)29(25,26)16-6-4-8-27-16/h4,6,8-10,13H,3,5,7,11H2,1-2H3. The maximum atomic E-state index is 12.9. The van der Waals surface area contributed by atoms with Gasteiger partial charge in [-0.3, -0.25) is 4.79 Å². The van der Waals surface area contributed by atoms with Gasteiger partial charge in [0.1, 0.15) is 4.21 Å². The van der Waals surface area contributed by atoms with Crippen LogP contribution in [-0.2, 0) is 21.9 Å². The Labute approximate surface area is 182 Å². The number of hydrogen-bond acceptors (Lipinski definition) is 5. The van der Waals surface area contributed by atoms with Crippen LogP contribution < -0.4 is 4.80 Å². The smallest absolute Gasteiger partial charge is 0.252 e. The van der Waals surface area contributed by atoms with Crippen LogP contribution >= 0.6 is 34.3 Å². The molecule has 1 saturated heterocycles. The number of piperidine rings is 1. The van der Waals surface area contributed by atoms with Crippen molar-refractivity contribution in [3.8, 4) is 0 Å². The predicted octanol–water partition coefficient (Wildman–Crippen LogP) is 3.79. The minimum Gasteiger partial charge on any atom is -0.319 e. The lowest BCUT2D eigenvalue weighted by Crippen LogP contribution is -2.42. The van der Waals surface area contributed by atoms with Crippen LogP contribution in [0.4, 0.5) is 0 Å². The zero-order valence-electron chi connectivity index (χ0n) is 16.0. The summed E-state index contributed by atoms with van der Waals surface area (Å²) in [5.41, 5.74) is 2.02. The number of hydrogen-bond donors (Lipinski definition) is 0. The van der Waals surface area contributed by atoms with Gasteiger partial charge in [-0.15, -0.1) is 11.3 Å². The molecule has 1 amide bonds. The molecular weight excluding hydrogens is 450 g/mol. The van der Waals surface area contributed by atoms with Gasteiger partial charge >= 0.3 is 0 Å². The van der Waals surface area contributed by atoms with Crippen LogP contribution in [0.1, 0.15) is 18.4 Å². The number of aromatic nitrogens is 1. The summed E-state index contributed by atoms with van der Waals surface area (Å²) < 4.78 is 30.2. The number of carbonyl (C=O) groups is 1. The van der Waals surface area contributed by atoms with Crippen LogP contribution in [0.15, 0.2) is 38.8 Å². The SMILES string of the molecule is Cc1cc(Cl)cc2sc(=NC(=O)C3CCCN(S(=O)(=O)c4cccs4)C3)n(C)c12. The number of thiazole rings is 1. The minimum absolute atomic E-state index is 0.169. The fourth-order valence-corrected chi connectivity index (χ4v) is 7.80. The quantitative estimate of drug-likeness (QED) is 0.585. The predicted molar refractivity (Wildman–Crippen MR) is 117 cm³/mol. The van der Waals surface area contributed by atoms with Gasteiger partial charge in [-0.1, -0.05) is 29.0 Å². The summed E-state index contributed by atoms with van der Waals surface area (Å²) in [6.45, 7) is 2.57. The van der Waals surface area contributed by atoms with Gasteiger partial charge in [-0.05, 0) is 48.9 Å². The molecule has 0 bridgehead atoms. The highest BCUT2D eigenvalue weighted by atomic mass is 35.5. The number of aryl methyl sites for hydroxylation is 2. The van der Waals surface area contributed by atoms with E-state index < -0.39 is 15.9 Å². The zero-order valence-corrected chi connectivity index (χ0v) is 19.2. The molecule has 29 heavy (non-hydrogen) atoms. The molecule has 1 aliphatic rings. The van der Waals surface area contributed by atoms with E-state index in [0.717, 1.165) is 15.8 Å². The average molecular weight is 470 g/mol. The first-order chi connectivity index (χ1) is 13.8. The molecule has 0 aliphatic carbocycles. The average Bonchev–Trinajstić information content (AvgIpc) is 3.31. The zero-order chi connectivity index (χ0) is 20.8. The van der Waals surface area contributed by atoms with Crippen molar-refractivity contribution in [2.45, 2.75) is 24.0 Å². The number of carbonyl (C=O) groups excluding carboxylic acids is 1. The third-order valence-electron chi connectivity index (χ3n) is 5.08. The molecule has 10 heteroatoms. The largest absolute Gasteiger partial charge is 0.319 e. The molecule has 0 spiro atoms. The van der Waals surface area contributed by atoms with E-state index in [4.69, 9.17) is 11.6 Å². The van der Waals surface area contributed by atoms with E-state index in [9.17, 15) is 13.2 Å². The van der Waals surface area contributed by atoms with Gasteiger partial charge in [0.25, 0.3) is 15.9 Å². The van der Waals surface area contributed by atoms with E-state index in [2.05, 4.69) is 4.99 Å². The highest BCUT2D eigenvalue weighted by Gasteiger charge is 2.33. The van der Waals surface area contributed by atoms with Crippen LogP contribution in [0.2, 0.25) is 5.02 Å². The lowest BCUT2D eigenvalue weighted by atomic mass is 9.99. The number of benzene rings is 1. The van der Waals surface area contributed by atoms with Gasteiger partial charge in [-0.2, -0.15) is 9.30 Å². The number of fused-ring (bicyclic) bond motifs is 1. The van der Waals surface area contributed by atoms with Crippen molar-refractivity contribution in [2.75, 3.05) is 13.1 Å². The Morgan fingerprint density at radius 3 is 2.86 bits per heavy atom. The Kier molecular flexibility index (Phi) is 5.69. The molecule has 3 heterocycles. The monoisotopic (exact) mass is 469 g/mol. The van der Waals surface area contributed by atoms with Gasteiger partial charge in [0, 0.05) is 25.2 Å². The highest BCUT2D eigenvalue weighted by Crippen LogP contribution is 2.28. The number of rotatable bonds is 3. The Morgan fingerprint density at radius 1 is 1.34 bits per heavy atom. The molecule has 1 fully saturated rings. The van der Waals surface area contributed by atoms with Crippen molar-refractivity contribution in [3.05, 3.63) is 45.0 Å². The lowest BCUT2D eigenvalue weighted by molar-refractivity contribution is -0.122. The van der Waals surface area contributed by atoms with E-state index in [-0.39, 0.29) is 12.5 Å². The molecule has 0 N–H and O–H groups in total. The van der Waals surface area contributed by atoms with Crippen LogP contribution in [0.5, 0.6) is 0 Å². The van der Waals surface area contributed by atoms with E-state index in [0.29, 0.717) is 33.4 Å². The second kappa shape index (κ2) is 7.96. The second-order valence-corrected chi connectivity index (χ2v) is 11.7. The summed E-state index contributed by atoms with van der Waals surface area (Å²) in [7, 11) is -1.68. The van der Waals surface area contributed by atoms with Crippen molar-refractivity contribution in [1.29, 1.82) is 0 Å². The minimum atomic E-state index is -3.56. The van der Waals surface area contributed by atoms with Crippen molar-refractivity contribution < 1.29 is 13.2 Å². The second-order valence-electron chi connectivity index (χ2n) is 7.10. The maximum absolute atomic E-state index is 12.9. The summed E-state index contributed by atoms with van der Waals surface area (Å²) in [5, 5.41) is 2.39. The summed E-state index contributed by atoms with van der Waals surface area (Å²) in [6.07, 6.45) is 1.28. The van der Waals surface area contributed by atoms with E-state index in [1.807, 2.05) is 30.7 Å². The van der Waals surface area contributed by atoms with Crippen molar-refractivity contribution in [1.82, 2.24) is 8.87 Å². The molecular formula is C19H20ClN3O3S3. The van der Waals surface area contributed by atoms with Gasteiger partial charge in [0.15, 0.2) is 4.80 Å². The van der Waals surface area contributed by atoms with Gasteiger partial charge in [0.2, 0.25) is 0 Å². The molecule has 1 aliphatic heterocycles. The van der Waals surface area contributed by atoms with Crippen LogP contribution in [0, 0.1) is 12.8 Å². The number of amides is 1. The first-order valence-corrected chi connectivity index (χ1v) is 12.7. The number of thiophene rings is 1. The summed E-state index contributed by atoms with van der Waals surface area (Å²) in [4.78, 5) is 17.8. The number of halogens is 1. The fraction of sp³-hybridized carbons (Fsp3) is 0.368. The molecule has 4 rings (SSSR count).